The van der Waals surface area contributed by atoms with Crippen molar-refractivity contribution in [2.24, 2.45) is 0 Å². The molecule has 0 atom stereocenters. The van der Waals surface area contributed by atoms with Gasteiger partial charge in [0.25, 0.3) is 0 Å². The number of carbonyl (C=O) groups is 4. The summed E-state index contributed by atoms with van der Waals surface area (Å²) in [5.74, 6) is -0.825. The second kappa shape index (κ2) is 11.1. The Hall–Kier alpha value is -2.61. The summed E-state index contributed by atoms with van der Waals surface area (Å²) >= 11 is 1.28. The molecule has 1 aliphatic carbocycles. The fourth-order valence-electron chi connectivity index (χ4n) is 3.68. The number of fused-ring (bicyclic) bond motifs is 1. The SMILES string of the molecule is COC(=O)/C=C1/SCC(=O)N1CCCOC(=O)CCC(=O)c1ccc2c(c1)CCCC2. The van der Waals surface area contributed by atoms with E-state index in [0.717, 1.165) is 19.3 Å². The Balaban J connectivity index is 1.38. The molecule has 0 N–H and O–H groups in total. The number of ketones is 1. The Bertz CT molecular complexity index is 894. The van der Waals surface area contributed by atoms with E-state index >= 15 is 0 Å². The maximum atomic E-state index is 12.4. The van der Waals surface area contributed by atoms with Gasteiger partial charge in [-0.25, -0.2) is 4.79 Å². The monoisotopic (exact) mass is 445 g/mol. The lowest BCUT2D eigenvalue weighted by Crippen LogP contribution is -2.27. The van der Waals surface area contributed by atoms with Crippen molar-refractivity contribution in [3.63, 3.8) is 0 Å². The molecule has 0 aromatic heterocycles. The molecule has 1 saturated heterocycles. The number of thioether (sulfide) groups is 1. The van der Waals surface area contributed by atoms with Crippen molar-refractivity contribution in [1.82, 2.24) is 4.90 Å². The molecule has 2 aliphatic rings. The second-order valence-electron chi connectivity index (χ2n) is 7.53. The van der Waals surface area contributed by atoms with E-state index in [1.165, 1.54) is 47.4 Å². The van der Waals surface area contributed by atoms with Gasteiger partial charge in [-0.1, -0.05) is 23.9 Å². The fourth-order valence-corrected chi connectivity index (χ4v) is 4.63. The molecule has 1 amide bonds. The molecule has 0 bridgehead atoms. The molecule has 1 aliphatic heterocycles. The van der Waals surface area contributed by atoms with Crippen molar-refractivity contribution >= 4 is 35.4 Å². The van der Waals surface area contributed by atoms with Crippen molar-refractivity contribution in [2.75, 3.05) is 26.0 Å². The molecule has 1 aromatic carbocycles. The average Bonchev–Trinajstić information content (AvgIpc) is 3.13. The zero-order valence-corrected chi connectivity index (χ0v) is 18.5. The number of nitrogens with zero attached hydrogens (tertiary/aromatic N) is 1. The lowest BCUT2D eigenvalue weighted by molar-refractivity contribution is -0.143. The minimum atomic E-state index is -0.516. The Kier molecular flexibility index (Phi) is 8.28. The Morgan fingerprint density at radius 2 is 1.90 bits per heavy atom. The topological polar surface area (TPSA) is 90.0 Å². The van der Waals surface area contributed by atoms with Crippen LogP contribution in [-0.4, -0.2) is 54.5 Å². The number of methoxy groups -OCH3 is 1. The zero-order valence-electron chi connectivity index (χ0n) is 17.7. The van der Waals surface area contributed by atoms with Gasteiger partial charge in [0.2, 0.25) is 5.91 Å². The number of hydrogen-bond donors (Lipinski definition) is 0. The van der Waals surface area contributed by atoms with Crippen molar-refractivity contribution in [2.45, 2.75) is 44.9 Å². The second-order valence-corrected chi connectivity index (χ2v) is 8.52. The maximum absolute atomic E-state index is 12.4. The average molecular weight is 446 g/mol. The van der Waals surface area contributed by atoms with Crippen molar-refractivity contribution in [3.8, 4) is 0 Å². The summed E-state index contributed by atoms with van der Waals surface area (Å²) in [6.07, 6.45) is 6.29. The molecule has 0 radical (unpaired) electrons. The van der Waals surface area contributed by atoms with Gasteiger partial charge < -0.3 is 14.4 Å². The predicted octanol–water partition coefficient (Wildman–Crippen LogP) is 3.05. The van der Waals surface area contributed by atoms with Gasteiger partial charge in [-0.3, -0.25) is 14.4 Å². The van der Waals surface area contributed by atoms with Crippen LogP contribution in [0.5, 0.6) is 0 Å². The lowest BCUT2D eigenvalue weighted by Gasteiger charge is -2.16. The summed E-state index contributed by atoms with van der Waals surface area (Å²) in [4.78, 5) is 49.3. The molecule has 0 saturated carbocycles. The first kappa shape index (κ1) is 23.1. The van der Waals surface area contributed by atoms with Gasteiger partial charge in [0.15, 0.2) is 5.78 Å². The molecular formula is C23H27NO6S. The smallest absolute Gasteiger partial charge is 0.333 e. The number of aryl methyl sites for hydroxylation is 2. The third kappa shape index (κ3) is 6.43. The fraction of sp³-hybridized carbons (Fsp3) is 0.478. The minimum absolute atomic E-state index is 0.0297. The molecule has 3 rings (SSSR count). The third-order valence-corrected chi connectivity index (χ3v) is 6.39. The van der Waals surface area contributed by atoms with E-state index in [9.17, 15) is 19.2 Å². The van der Waals surface area contributed by atoms with Crippen molar-refractivity contribution in [1.29, 1.82) is 0 Å². The summed E-state index contributed by atoms with van der Waals surface area (Å²) in [6.45, 7) is 0.488. The van der Waals surface area contributed by atoms with Crippen molar-refractivity contribution in [3.05, 3.63) is 46.0 Å². The number of ether oxygens (including phenoxy) is 2. The highest BCUT2D eigenvalue weighted by molar-refractivity contribution is 8.04. The first-order valence-corrected chi connectivity index (χ1v) is 11.5. The van der Waals surface area contributed by atoms with Gasteiger partial charge in [-0.15, -0.1) is 0 Å². The normalized spacial score (nSPS) is 16.9. The maximum Gasteiger partial charge on any atom is 0.333 e. The molecule has 1 aromatic rings. The van der Waals surface area contributed by atoms with Gasteiger partial charge >= 0.3 is 11.9 Å². The Labute approximate surface area is 186 Å². The minimum Gasteiger partial charge on any atom is -0.466 e. The van der Waals surface area contributed by atoms with Crippen LogP contribution in [0.2, 0.25) is 0 Å². The van der Waals surface area contributed by atoms with E-state index in [1.54, 1.807) is 0 Å². The van der Waals surface area contributed by atoms with E-state index in [2.05, 4.69) is 4.74 Å². The number of rotatable bonds is 9. The first-order chi connectivity index (χ1) is 15.0. The van der Waals surface area contributed by atoms with E-state index in [4.69, 9.17) is 4.74 Å². The zero-order chi connectivity index (χ0) is 22.2. The van der Waals surface area contributed by atoms with Crippen LogP contribution in [0, 0.1) is 0 Å². The van der Waals surface area contributed by atoms with Gasteiger partial charge in [-0.05, 0) is 49.3 Å². The van der Waals surface area contributed by atoms with Gasteiger partial charge in [0.05, 0.1) is 37.0 Å². The summed E-state index contributed by atoms with van der Waals surface area (Å²) < 4.78 is 9.80. The highest BCUT2D eigenvalue weighted by atomic mass is 32.2. The van der Waals surface area contributed by atoms with Crippen LogP contribution in [0.15, 0.2) is 29.3 Å². The van der Waals surface area contributed by atoms with Crippen LogP contribution < -0.4 is 0 Å². The highest BCUT2D eigenvalue weighted by Crippen LogP contribution is 2.29. The molecule has 166 valence electrons. The summed E-state index contributed by atoms with van der Waals surface area (Å²) in [5.41, 5.74) is 3.22. The number of Topliss-reactive ketones (excluding diaryl/α,β-unsaturated/α-hetero) is 1. The number of amides is 1. The van der Waals surface area contributed by atoms with E-state index in [1.807, 2.05) is 18.2 Å². The third-order valence-electron chi connectivity index (χ3n) is 5.37. The number of carbonyl (C=O) groups excluding carboxylic acids is 4. The number of benzene rings is 1. The molecule has 1 fully saturated rings. The van der Waals surface area contributed by atoms with Gasteiger partial charge in [0.1, 0.15) is 0 Å². The van der Waals surface area contributed by atoms with Crippen LogP contribution >= 0.6 is 11.8 Å². The number of esters is 2. The molecule has 8 heteroatoms. The van der Waals surface area contributed by atoms with E-state index in [-0.39, 0.29) is 36.9 Å². The summed E-state index contributed by atoms with van der Waals surface area (Å²) in [5, 5.41) is 0.541. The van der Waals surface area contributed by atoms with Crippen LogP contribution in [0.3, 0.4) is 0 Å². The van der Waals surface area contributed by atoms with E-state index in [0.29, 0.717) is 23.6 Å². The predicted molar refractivity (Wildman–Crippen MR) is 116 cm³/mol. The van der Waals surface area contributed by atoms with Crippen LogP contribution in [-0.2, 0) is 36.7 Å². The molecule has 0 unspecified atom stereocenters. The van der Waals surface area contributed by atoms with Crippen LogP contribution in [0.1, 0.15) is 53.6 Å². The highest BCUT2D eigenvalue weighted by Gasteiger charge is 2.27. The lowest BCUT2D eigenvalue weighted by atomic mass is 9.89. The van der Waals surface area contributed by atoms with Crippen LogP contribution in [0.25, 0.3) is 0 Å². The standard InChI is InChI=1S/C23H27NO6S/c1-29-23(28)14-21-24(20(26)15-31-21)11-4-12-30-22(27)10-9-19(25)18-8-7-16-5-2-3-6-17(16)13-18/h7-8,13-14H,2-6,9-12,15H2,1H3/b21-14+. The Morgan fingerprint density at radius 1 is 1.13 bits per heavy atom. The molecule has 1 heterocycles. The van der Waals surface area contributed by atoms with Crippen LogP contribution in [0.4, 0.5) is 0 Å². The number of hydrogen-bond acceptors (Lipinski definition) is 7. The molecule has 7 nitrogen and oxygen atoms in total. The van der Waals surface area contributed by atoms with Gasteiger partial charge in [-0.2, -0.15) is 0 Å². The molecule has 0 spiro atoms. The van der Waals surface area contributed by atoms with Crippen molar-refractivity contribution < 1.29 is 28.7 Å². The summed E-state index contributed by atoms with van der Waals surface area (Å²) in [6, 6.07) is 5.84. The largest absolute Gasteiger partial charge is 0.466 e. The van der Waals surface area contributed by atoms with E-state index < -0.39 is 11.9 Å². The molecular weight excluding hydrogens is 418 g/mol. The Morgan fingerprint density at radius 3 is 2.68 bits per heavy atom. The molecule has 31 heavy (non-hydrogen) atoms. The first-order valence-electron chi connectivity index (χ1n) is 10.5. The summed E-state index contributed by atoms with van der Waals surface area (Å²) in [7, 11) is 1.28. The quantitative estimate of drug-likeness (QED) is 0.250. The van der Waals surface area contributed by atoms with Gasteiger partial charge in [0, 0.05) is 18.5 Å².